The highest BCUT2D eigenvalue weighted by Gasteiger charge is 2.16. The monoisotopic (exact) mass is 266 g/mol. The first-order valence-electron chi connectivity index (χ1n) is 7.29. The summed E-state index contributed by atoms with van der Waals surface area (Å²) in [6.07, 6.45) is 8.04. The molecule has 20 heavy (non-hydrogen) atoms. The van der Waals surface area contributed by atoms with Gasteiger partial charge < -0.3 is 4.74 Å². The SMILES string of the molecule is N#Cc1cnc2ccccc2c1OCC1CCCCC1. The summed E-state index contributed by atoms with van der Waals surface area (Å²) < 4.78 is 6.02. The van der Waals surface area contributed by atoms with Crippen molar-refractivity contribution in [3.63, 3.8) is 0 Å². The van der Waals surface area contributed by atoms with Crippen LogP contribution in [0.5, 0.6) is 5.75 Å². The first kappa shape index (κ1) is 12.9. The average Bonchev–Trinajstić information content (AvgIpc) is 2.53. The molecule has 0 aliphatic heterocycles. The third-order valence-corrected chi connectivity index (χ3v) is 4.03. The van der Waals surface area contributed by atoms with E-state index in [9.17, 15) is 5.26 Å². The molecule has 0 spiro atoms. The van der Waals surface area contributed by atoms with Crippen molar-refractivity contribution in [2.75, 3.05) is 6.61 Å². The third kappa shape index (κ3) is 2.60. The summed E-state index contributed by atoms with van der Waals surface area (Å²) in [7, 11) is 0. The minimum absolute atomic E-state index is 0.527. The second-order valence-corrected chi connectivity index (χ2v) is 5.44. The van der Waals surface area contributed by atoms with Crippen molar-refractivity contribution in [1.29, 1.82) is 5.26 Å². The molecule has 3 heteroatoms. The van der Waals surface area contributed by atoms with Gasteiger partial charge in [0.1, 0.15) is 17.4 Å². The number of fused-ring (bicyclic) bond motifs is 1. The van der Waals surface area contributed by atoms with Crippen LogP contribution in [0.1, 0.15) is 37.7 Å². The Morgan fingerprint density at radius 3 is 2.80 bits per heavy atom. The lowest BCUT2D eigenvalue weighted by molar-refractivity contribution is 0.210. The Morgan fingerprint density at radius 1 is 1.20 bits per heavy atom. The minimum atomic E-state index is 0.527. The predicted molar refractivity (Wildman–Crippen MR) is 78.5 cm³/mol. The van der Waals surface area contributed by atoms with Crippen molar-refractivity contribution < 1.29 is 4.74 Å². The molecule has 1 heterocycles. The zero-order valence-electron chi connectivity index (χ0n) is 11.5. The Labute approximate surface area is 119 Å². The van der Waals surface area contributed by atoms with E-state index in [1.165, 1.54) is 32.1 Å². The lowest BCUT2D eigenvalue weighted by atomic mass is 9.90. The van der Waals surface area contributed by atoms with Gasteiger partial charge in [0.15, 0.2) is 0 Å². The Kier molecular flexibility index (Phi) is 3.83. The Hall–Kier alpha value is -2.08. The van der Waals surface area contributed by atoms with Crippen LogP contribution in [0.2, 0.25) is 0 Å². The summed E-state index contributed by atoms with van der Waals surface area (Å²) in [5.74, 6) is 1.32. The maximum Gasteiger partial charge on any atom is 0.148 e. The van der Waals surface area contributed by atoms with E-state index in [2.05, 4.69) is 11.1 Å². The zero-order chi connectivity index (χ0) is 13.8. The molecule has 0 saturated heterocycles. The summed E-state index contributed by atoms with van der Waals surface area (Å²) in [6, 6.07) is 10.0. The predicted octanol–water partition coefficient (Wildman–Crippen LogP) is 4.07. The molecule has 1 saturated carbocycles. The highest BCUT2D eigenvalue weighted by Crippen LogP contribution is 2.30. The van der Waals surface area contributed by atoms with Crippen LogP contribution in [0.15, 0.2) is 30.5 Å². The number of aromatic nitrogens is 1. The molecule has 2 aromatic rings. The van der Waals surface area contributed by atoms with Gasteiger partial charge in [-0.3, -0.25) is 4.98 Å². The fraction of sp³-hybridized carbons (Fsp3) is 0.412. The fourth-order valence-electron chi connectivity index (χ4n) is 2.91. The van der Waals surface area contributed by atoms with Gasteiger partial charge in [-0.2, -0.15) is 5.26 Å². The van der Waals surface area contributed by atoms with E-state index in [1.54, 1.807) is 6.20 Å². The molecule has 1 aliphatic rings. The van der Waals surface area contributed by atoms with Crippen LogP contribution in [0, 0.1) is 17.2 Å². The molecule has 0 atom stereocenters. The molecule has 0 unspecified atom stereocenters. The molecule has 0 bridgehead atoms. The molecule has 1 fully saturated rings. The number of nitriles is 1. The number of benzene rings is 1. The summed E-state index contributed by atoms with van der Waals surface area (Å²) in [5.41, 5.74) is 1.41. The molecule has 0 amide bonds. The van der Waals surface area contributed by atoms with Crippen molar-refractivity contribution in [2.24, 2.45) is 5.92 Å². The van der Waals surface area contributed by atoms with Crippen molar-refractivity contribution in [3.8, 4) is 11.8 Å². The minimum Gasteiger partial charge on any atom is -0.491 e. The third-order valence-electron chi connectivity index (χ3n) is 4.03. The Bertz CT molecular complexity index is 639. The van der Waals surface area contributed by atoms with E-state index < -0.39 is 0 Å². The highest BCUT2D eigenvalue weighted by atomic mass is 16.5. The summed E-state index contributed by atoms with van der Waals surface area (Å²) in [5, 5.41) is 10.2. The Morgan fingerprint density at radius 2 is 2.00 bits per heavy atom. The van der Waals surface area contributed by atoms with Gasteiger partial charge in [-0.1, -0.05) is 31.4 Å². The summed E-state index contributed by atoms with van der Waals surface area (Å²) >= 11 is 0. The van der Waals surface area contributed by atoms with Gasteiger partial charge in [-0.15, -0.1) is 0 Å². The summed E-state index contributed by atoms with van der Waals surface area (Å²) in [6.45, 7) is 0.711. The second-order valence-electron chi connectivity index (χ2n) is 5.44. The second kappa shape index (κ2) is 5.92. The largest absolute Gasteiger partial charge is 0.491 e. The Balaban J connectivity index is 1.87. The summed E-state index contributed by atoms with van der Waals surface area (Å²) in [4.78, 5) is 4.30. The lowest BCUT2D eigenvalue weighted by Crippen LogP contribution is -2.15. The molecular weight excluding hydrogens is 248 g/mol. The number of para-hydroxylation sites is 1. The van der Waals surface area contributed by atoms with Crippen LogP contribution in [0.4, 0.5) is 0 Å². The topological polar surface area (TPSA) is 45.9 Å². The first-order chi connectivity index (χ1) is 9.88. The van der Waals surface area contributed by atoms with Crippen LogP contribution in [-0.4, -0.2) is 11.6 Å². The van der Waals surface area contributed by atoms with E-state index in [4.69, 9.17) is 4.74 Å². The molecule has 102 valence electrons. The highest BCUT2D eigenvalue weighted by molar-refractivity contribution is 5.87. The molecule has 1 aliphatic carbocycles. The number of hydrogen-bond acceptors (Lipinski definition) is 3. The quantitative estimate of drug-likeness (QED) is 0.841. The normalized spacial score (nSPS) is 15.9. The van der Waals surface area contributed by atoms with Gasteiger partial charge in [0.05, 0.1) is 12.1 Å². The van der Waals surface area contributed by atoms with Crippen LogP contribution in [0.3, 0.4) is 0 Å². The lowest BCUT2D eigenvalue weighted by Gasteiger charge is -2.22. The average molecular weight is 266 g/mol. The number of rotatable bonds is 3. The van der Waals surface area contributed by atoms with E-state index in [0.717, 1.165) is 10.9 Å². The number of ether oxygens (including phenoxy) is 1. The molecule has 1 aromatic carbocycles. The van der Waals surface area contributed by atoms with Gasteiger partial charge in [-0.05, 0) is 30.9 Å². The van der Waals surface area contributed by atoms with E-state index in [0.29, 0.717) is 23.8 Å². The van der Waals surface area contributed by atoms with Gasteiger partial charge in [-0.25, -0.2) is 0 Å². The van der Waals surface area contributed by atoms with Gasteiger partial charge in [0, 0.05) is 11.6 Å². The number of nitrogens with zero attached hydrogens (tertiary/aromatic N) is 2. The molecule has 0 N–H and O–H groups in total. The van der Waals surface area contributed by atoms with Gasteiger partial charge >= 0.3 is 0 Å². The van der Waals surface area contributed by atoms with Gasteiger partial charge in [0.2, 0.25) is 0 Å². The van der Waals surface area contributed by atoms with Crippen LogP contribution >= 0.6 is 0 Å². The van der Waals surface area contributed by atoms with Crippen LogP contribution in [0.25, 0.3) is 10.9 Å². The van der Waals surface area contributed by atoms with E-state index in [1.807, 2.05) is 24.3 Å². The molecule has 0 radical (unpaired) electrons. The van der Waals surface area contributed by atoms with Crippen molar-refractivity contribution in [1.82, 2.24) is 4.98 Å². The first-order valence-corrected chi connectivity index (χ1v) is 7.29. The van der Waals surface area contributed by atoms with Crippen LogP contribution in [-0.2, 0) is 0 Å². The van der Waals surface area contributed by atoms with Crippen molar-refractivity contribution >= 4 is 10.9 Å². The number of pyridine rings is 1. The standard InChI is InChI=1S/C17H18N2O/c18-10-14-11-19-16-9-5-4-8-15(16)17(14)20-12-13-6-2-1-3-7-13/h4-5,8-9,11,13H,1-3,6-7,12H2. The van der Waals surface area contributed by atoms with Crippen molar-refractivity contribution in [3.05, 3.63) is 36.0 Å². The van der Waals surface area contributed by atoms with E-state index in [-0.39, 0.29) is 0 Å². The van der Waals surface area contributed by atoms with E-state index >= 15 is 0 Å². The molecular formula is C17H18N2O. The molecule has 3 rings (SSSR count). The fourth-order valence-corrected chi connectivity index (χ4v) is 2.91. The maximum atomic E-state index is 9.24. The van der Waals surface area contributed by atoms with Crippen molar-refractivity contribution in [2.45, 2.75) is 32.1 Å². The van der Waals surface area contributed by atoms with Crippen LogP contribution < -0.4 is 4.74 Å². The molecule has 1 aromatic heterocycles. The molecule has 3 nitrogen and oxygen atoms in total. The number of hydrogen-bond donors (Lipinski definition) is 0. The zero-order valence-corrected chi connectivity index (χ0v) is 11.5. The maximum absolute atomic E-state index is 9.24. The smallest absolute Gasteiger partial charge is 0.148 e. The van der Waals surface area contributed by atoms with Gasteiger partial charge in [0.25, 0.3) is 0 Å².